The molecule has 0 unspecified atom stereocenters. The van der Waals surface area contributed by atoms with Crippen LogP contribution in [0.1, 0.15) is 44.9 Å². The van der Waals surface area contributed by atoms with Crippen molar-refractivity contribution < 1.29 is 8.42 Å². The summed E-state index contributed by atoms with van der Waals surface area (Å²) in [6.45, 7) is 4.06. The summed E-state index contributed by atoms with van der Waals surface area (Å²) >= 11 is 0. The molecular formula is C14H26N2O2S. The van der Waals surface area contributed by atoms with E-state index in [4.69, 9.17) is 0 Å². The average Bonchev–Trinajstić information content (AvgIpc) is 3.12. The summed E-state index contributed by atoms with van der Waals surface area (Å²) in [6, 6.07) is 0. The third-order valence-corrected chi connectivity index (χ3v) is 6.40. The molecule has 3 rings (SSSR count). The highest BCUT2D eigenvalue weighted by atomic mass is 32.2. The van der Waals surface area contributed by atoms with Crippen molar-refractivity contribution in [3.8, 4) is 0 Å². The Morgan fingerprint density at radius 3 is 2.53 bits per heavy atom. The van der Waals surface area contributed by atoms with Crippen molar-refractivity contribution in [3.63, 3.8) is 0 Å². The zero-order chi connectivity index (χ0) is 13.5. The number of hydrogen-bond donors (Lipinski definition) is 0. The second-order valence-electron chi connectivity index (χ2n) is 6.80. The largest absolute Gasteiger partial charge is 0.301 e. The Bertz CT molecular complexity index is 429. The monoisotopic (exact) mass is 286 g/mol. The second kappa shape index (κ2) is 5.01. The van der Waals surface area contributed by atoms with E-state index < -0.39 is 10.0 Å². The topological polar surface area (TPSA) is 40.6 Å². The molecular weight excluding hydrogens is 260 g/mol. The zero-order valence-corrected chi connectivity index (χ0v) is 12.8. The van der Waals surface area contributed by atoms with E-state index in [1.807, 2.05) is 4.31 Å². The van der Waals surface area contributed by atoms with Gasteiger partial charge in [0, 0.05) is 25.2 Å². The van der Waals surface area contributed by atoms with Gasteiger partial charge < -0.3 is 4.90 Å². The predicted molar refractivity (Wildman–Crippen MR) is 76.5 cm³/mol. The molecule has 1 aliphatic carbocycles. The number of sulfonamides is 1. The minimum atomic E-state index is -3.06. The summed E-state index contributed by atoms with van der Waals surface area (Å²) in [6.07, 6.45) is 9.61. The summed E-state index contributed by atoms with van der Waals surface area (Å²) in [5.41, 5.74) is -0.0844. The van der Waals surface area contributed by atoms with Gasteiger partial charge >= 0.3 is 0 Å². The molecule has 2 saturated heterocycles. The first-order chi connectivity index (χ1) is 9.00. The van der Waals surface area contributed by atoms with E-state index >= 15 is 0 Å². The van der Waals surface area contributed by atoms with Gasteiger partial charge in [-0.2, -0.15) is 4.31 Å². The normalized spacial score (nSPS) is 34.8. The van der Waals surface area contributed by atoms with Crippen molar-refractivity contribution in [2.24, 2.45) is 5.92 Å². The van der Waals surface area contributed by atoms with E-state index in [0.29, 0.717) is 0 Å². The quantitative estimate of drug-likeness (QED) is 0.792. The molecule has 0 aromatic carbocycles. The fourth-order valence-corrected chi connectivity index (χ4v) is 5.43. The number of rotatable bonds is 3. The van der Waals surface area contributed by atoms with Crippen LogP contribution in [0, 0.1) is 5.92 Å². The van der Waals surface area contributed by atoms with Crippen LogP contribution in [0.4, 0.5) is 0 Å². The third kappa shape index (κ3) is 2.98. The molecule has 2 heterocycles. The van der Waals surface area contributed by atoms with Gasteiger partial charge in [-0.3, -0.25) is 0 Å². The molecule has 1 saturated carbocycles. The van der Waals surface area contributed by atoms with Gasteiger partial charge in [0.2, 0.25) is 10.0 Å². The molecule has 1 spiro atoms. The lowest BCUT2D eigenvalue weighted by Gasteiger charge is -2.51. The van der Waals surface area contributed by atoms with Gasteiger partial charge in [0.05, 0.1) is 6.26 Å². The van der Waals surface area contributed by atoms with Crippen molar-refractivity contribution >= 4 is 10.0 Å². The Labute approximate surface area is 117 Å². The first-order valence-electron chi connectivity index (χ1n) is 7.70. The van der Waals surface area contributed by atoms with Crippen LogP contribution in [0.5, 0.6) is 0 Å². The Morgan fingerprint density at radius 2 is 1.84 bits per heavy atom. The number of likely N-dealkylation sites (tertiary alicyclic amines) is 1. The lowest BCUT2D eigenvalue weighted by Crippen LogP contribution is -2.62. The Hall–Kier alpha value is -0.130. The maximum absolute atomic E-state index is 12.1. The van der Waals surface area contributed by atoms with Crippen molar-refractivity contribution in [2.75, 3.05) is 32.4 Å². The fourth-order valence-electron chi connectivity index (χ4n) is 4.02. The van der Waals surface area contributed by atoms with Gasteiger partial charge in [0.1, 0.15) is 0 Å². The molecule has 1 atom stereocenters. The summed E-state index contributed by atoms with van der Waals surface area (Å²) in [5.74, 6) is 0.894. The van der Waals surface area contributed by atoms with E-state index in [2.05, 4.69) is 4.90 Å². The maximum Gasteiger partial charge on any atom is 0.211 e. The third-order valence-electron chi connectivity index (χ3n) is 5.03. The minimum Gasteiger partial charge on any atom is -0.301 e. The molecule has 19 heavy (non-hydrogen) atoms. The minimum absolute atomic E-state index is 0.0844. The smallest absolute Gasteiger partial charge is 0.211 e. The van der Waals surface area contributed by atoms with Crippen LogP contribution in [0.3, 0.4) is 0 Å². The van der Waals surface area contributed by atoms with Crippen LogP contribution in [-0.2, 0) is 10.0 Å². The average molecular weight is 286 g/mol. The number of nitrogens with zero attached hydrogens (tertiary/aromatic N) is 2. The van der Waals surface area contributed by atoms with Gasteiger partial charge in [0.25, 0.3) is 0 Å². The Balaban J connectivity index is 1.77. The van der Waals surface area contributed by atoms with Crippen molar-refractivity contribution in [3.05, 3.63) is 0 Å². The summed E-state index contributed by atoms with van der Waals surface area (Å²) < 4.78 is 26.1. The van der Waals surface area contributed by atoms with Crippen LogP contribution in [0.15, 0.2) is 0 Å². The van der Waals surface area contributed by atoms with E-state index in [-0.39, 0.29) is 5.54 Å². The lowest BCUT2D eigenvalue weighted by atomic mass is 9.81. The molecule has 3 fully saturated rings. The molecule has 5 heteroatoms. The van der Waals surface area contributed by atoms with Gasteiger partial charge in [0.15, 0.2) is 0 Å². The molecule has 4 nitrogen and oxygen atoms in total. The van der Waals surface area contributed by atoms with E-state index in [1.165, 1.54) is 32.1 Å². The Morgan fingerprint density at radius 1 is 1.11 bits per heavy atom. The fraction of sp³-hybridized carbons (Fsp3) is 1.00. The highest BCUT2D eigenvalue weighted by Gasteiger charge is 2.46. The molecule has 0 amide bonds. The van der Waals surface area contributed by atoms with Gasteiger partial charge in [-0.15, -0.1) is 0 Å². The van der Waals surface area contributed by atoms with Crippen molar-refractivity contribution in [1.29, 1.82) is 0 Å². The second-order valence-corrected chi connectivity index (χ2v) is 8.71. The molecule has 0 radical (unpaired) electrons. The zero-order valence-electron chi connectivity index (χ0n) is 12.0. The molecule has 110 valence electrons. The predicted octanol–water partition coefficient (Wildman–Crippen LogP) is 1.68. The van der Waals surface area contributed by atoms with Crippen LogP contribution in [0.2, 0.25) is 0 Å². The molecule has 2 aliphatic heterocycles. The van der Waals surface area contributed by atoms with E-state index in [9.17, 15) is 8.42 Å². The molecule has 0 aromatic rings. The Kier molecular flexibility index (Phi) is 3.65. The first-order valence-corrected chi connectivity index (χ1v) is 9.55. The molecule has 0 N–H and O–H groups in total. The summed E-state index contributed by atoms with van der Waals surface area (Å²) in [7, 11) is -3.06. The SMILES string of the molecule is CS(=O)(=O)N1CCCC[C@]12CCCN(CC1CC1)C2. The van der Waals surface area contributed by atoms with Crippen LogP contribution >= 0.6 is 0 Å². The van der Waals surface area contributed by atoms with Crippen LogP contribution in [0.25, 0.3) is 0 Å². The highest BCUT2D eigenvalue weighted by molar-refractivity contribution is 7.88. The van der Waals surface area contributed by atoms with E-state index in [1.54, 1.807) is 0 Å². The summed E-state index contributed by atoms with van der Waals surface area (Å²) in [5, 5.41) is 0. The van der Waals surface area contributed by atoms with E-state index in [0.717, 1.165) is 51.2 Å². The van der Waals surface area contributed by atoms with Gasteiger partial charge in [-0.1, -0.05) is 6.42 Å². The standard InChI is InChI=1S/C14H26N2O2S/c1-19(17,18)16-10-3-2-7-14(16)8-4-9-15(12-14)11-13-5-6-13/h13H,2-12H2,1H3/t14-/m1/s1. The first kappa shape index (κ1) is 13.8. The summed E-state index contributed by atoms with van der Waals surface area (Å²) in [4.78, 5) is 2.53. The van der Waals surface area contributed by atoms with Gasteiger partial charge in [-0.05, 0) is 51.0 Å². The molecule has 0 bridgehead atoms. The lowest BCUT2D eigenvalue weighted by molar-refractivity contribution is 0.0352. The molecule has 0 aromatic heterocycles. The van der Waals surface area contributed by atoms with Crippen molar-refractivity contribution in [1.82, 2.24) is 9.21 Å². The number of piperidine rings is 2. The molecule has 3 aliphatic rings. The van der Waals surface area contributed by atoms with Crippen LogP contribution < -0.4 is 0 Å². The van der Waals surface area contributed by atoms with Gasteiger partial charge in [-0.25, -0.2) is 8.42 Å². The number of hydrogen-bond acceptors (Lipinski definition) is 3. The maximum atomic E-state index is 12.1. The van der Waals surface area contributed by atoms with Crippen molar-refractivity contribution in [2.45, 2.75) is 50.5 Å². The highest BCUT2D eigenvalue weighted by Crippen LogP contribution is 2.39. The van der Waals surface area contributed by atoms with Crippen LogP contribution in [-0.4, -0.2) is 55.6 Å².